The smallest absolute Gasteiger partial charge is 0.337 e. The molecule has 0 heterocycles. The Kier molecular flexibility index (Phi) is 4.94. The van der Waals surface area contributed by atoms with Crippen LogP contribution >= 0.6 is 0 Å². The highest BCUT2D eigenvalue weighted by Gasteiger charge is 2.19. The molecule has 1 unspecified atom stereocenters. The van der Waals surface area contributed by atoms with Gasteiger partial charge in [0.15, 0.2) is 11.5 Å². The van der Waals surface area contributed by atoms with E-state index in [-0.39, 0.29) is 29.2 Å². The Bertz CT molecular complexity index is 433. The van der Waals surface area contributed by atoms with Gasteiger partial charge in [0.1, 0.15) is 0 Å². The number of likely N-dealkylation sites (N-methyl/N-ethyl adjacent to an activating group) is 1. The third-order valence-corrected chi connectivity index (χ3v) is 2.50. The summed E-state index contributed by atoms with van der Waals surface area (Å²) >= 11 is 0. The Balaban J connectivity index is 3.26. The van der Waals surface area contributed by atoms with E-state index in [1.165, 1.54) is 26.4 Å². The van der Waals surface area contributed by atoms with Gasteiger partial charge in [0.2, 0.25) is 0 Å². The van der Waals surface area contributed by atoms with Crippen molar-refractivity contribution in [2.24, 2.45) is 0 Å². The van der Waals surface area contributed by atoms with Crippen LogP contribution < -0.4 is 10.1 Å². The number of hydrogen-bond donors (Lipinski definition) is 3. The number of phenolic OH excluding ortho intramolecular Hbond substituents is 1. The number of benzene rings is 1. The number of nitrogens with one attached hydrogen (secondary N) is 1. The van der Waals surface area contributed by atoms with Crippen LogP contribution in [0.3, 0.4) is 0 Å². The number of phenols is 1. The Morgan fingerprint density at radius 2 is 2.11 bits per heavy atom. The molecular formula is C12H17NO5. The Morgan fingerprint density at radius 3 is 2.61 bits per heavy atom. The number of aliphatic hydroxyl groups excluding tert-OH is 1. The van der Waals surface area contributed by atoms with Crippen LogP contribution in [0.4, 0.5) is 0 Å². The zero-order chi connectivity index (χ0) is 13.7. The molecule has 1 aromatic rings. The molecule has 6 heteroatoms. The van der Waals surface area contributed by atoms with Crippen molar-refractivity contribution in [2.45, 2.75) is 6.10 Å². The molecule has 0 aliphatic rings. The van der Waals surface area contributed by atoms with Crippen molar-refractivity contribution in [1.82, 2.24) is 5.32 Å². The molecule has 0 saturated carbocycles. The molecule has 1 aromatic carbocycles. The average Bonchev–Trinajstić information content (AvgIpc) is 2.38. The minimum Gasteiger partial charge on any atom is -0.504 e. The SMILES string of the molecule is CNCC(O)c1cc(C(=O)OC)cc(OC)c1O. The minimum atomic E-state index is -0.950. The summed E-state index contributed by atoms with van der Waals surface area (Å²) in [5.74, 6) is -0.637. The van der Waals surface area contributed by atoms with E-state index in [1.807, 2.05) is 0 Å². The molecule has 6 nitrogen and oxygen atoms in total. The number of ether oxygens (including phenoxy) is 2. The molecule has 0 radical (unpaired) electrons. The van der Waals surface area contributed by atoms with Gasteiger partial charge in [-0.2, -0.15) is 0 Å². The third-order valence-electron chi connectivity index (χ3n) is 2.50. The van der Waals surface area contributed by atoms with Gasteiger partial charge in [-0.25, -0.2) is 4.79 Å². The highest BCUT2D eigenvalue weighted by Crippen LogP contribution is 2.35. The van der Waals surface area contributed by atoms with E-state index in [1.54, 1.807) is 7.05 Å². The number of esters is 1. The molecule has 100 valence electrons. The van der Waals surface area contributed by atoms with E-state index in [0.29, 0.717) is 0 Å². The normalized spacial score (nSPS) is 12.0. The Hall–Kier alpha value is -1.79. The highest BCUT2D eigenvalue weighted by molar-refractivity contribution is 5.90. The summed E-state index contributed by atoms with van der Waals surface area (Å²) in [6, 6.07) is 2.74. The van der Waals surface area contributed by atoms with Crippen LogP contribution in [0.1, 0.15) is 22.0 Å². The molecule has 18 heavy (non-hydrogen) atoms. The van der Waals surface area contributed by atoms with Gasteiger partial charge >= 0.3 is 5.97 Å². The fourth-order valence-corrected chi connectivity index (χ4v) is 1.58. The number of carbonyl (C=O) groups excluding carboxylic acids is 1. The Labute approximate surface area is 105 Å². The second-order valence-corrected chi connectivity index (χ2v) is 3.68. The maximum atomic E-state index is 11.5. The van der Waals surface area contributed by atoms with Crippen molar-refractivity contribution in [3.8, 4) is 11.5 Å². The summed E-state index contributed by atoms with van der Waals surface area (Å²) in [5, 5.41) is 22.5. The third kappa shape index (κ3) is 2.91. The van der Waals surface area contributed by atoms with Crippen LogP contribution in [-0.4, -0.2) is 44.0 Å². The Morgan fingerprint density at radius 1 is 1.44 bits per heavy atom. The van der Waals surface area contributed by atoms with Gasteiger partial charge < -0.3 is 25.0 Å². The average molecular weight is 255 g/mol. The van der Waals surface area contributed by atoms with Gasteiger partial charge in [-0.05, 0) is 19.2 Å². The van der Waals surface area contributed by atoms with Gasteiger partial charge in [-0.1, -0.05) is 0 Å². The van der Waals surface area contributed by atoms with Gasteiger partial charge in [0.05, 0.1) is 25.9 Å². The zero-order valence-electron chi connectivity index (χ0n) is 10.6. The fourth-order valence-electron chi connectivity index (χ4n) is 1.58. The summed E-state index contributed by atoms with van der Waals surface area (Å²) in [4.78, 5) is 11.5. The quantitative estimate of drug-likeness (QED) is 0.662. The number of aliphatic hydroxyl groups is 1. The summed E-state index contributed by atoms with van der Waals surface area (Å²) in [6.07, 6.45) is -0.950. The molecule has 0 aromatic heterocycles. The first-order chi connectivity index (χ1) is 8.54. The van der Waals surface area contributed by atoms with Gasteiger partial charge in [0, 0.05) is 12.1 Å². The number of carbonyl (C=O) groups is 1. The summed E-state index contributed by atoms with van der Waals surface area (Å²) in [6.45, 7) is 0.237. The predicted octanol–water partition coefficient (Wildman–Crippen LogP) is 0.440. The predicted molar refractivity (Wildman–Crippen MR) is 64.9 cm³/mol. The lowest BCUT2D eigenvalue weighted by atomic mass is 10.0. The van der Waals surface area contributed by atoms with Crippen LogP contribution in [-0.2, 0) is 4.74 Å². The molecule has 0 amide bonds. The number of rotatable bonds is 5. The first kappa shape index (κ1) is 14.3. The summed E-state index contributed by atoms with van der Waals surface area (Å²) < 4.78 is 9.56. The summed E-state index contributed by atoms with van der Waals surface area (Å²) in [7, 11) is 4.29. The van der Waals surface area contributed by atoms with Crippen molar-refractivity contribution < 1.29 is 24.5 Å². The fraction of sp³-hybridized carbons (Fsp3) is 0.417. The molecule has 0 spiro atoms. The molecule has 0 fully saturated rings. The largest absolute Gasteiger partial charge is 0.504 e. The standard InChI is InChI=1S/C12H17NO5/c1-13-6-9(14)8-4-7(12(16)18-3)5-10(17-2)11(8)15/h4-5,9,13-15H,6H2,1-3H3. The minimum absolute atomic E-state index is 0.114. The van der Waals surface area contributed by atoms with Crippen LogP contribution in [0.25, 0.3) is 0 Å². The van der Waals surface area contributed by atoms with E-state index in [9.17, 15) is 15.0 Å². The van der Waals surface area contributed by atoms with E-state index in [0.717, 1.165) is 0 Å². The highest BCUT2D eigenvalue weighted by atomic mass is 16.5. The molecular weight excluding hydrogens is 238 g/mol. The maximum Gasteiger partial charge on any atom is 0.337 e. The van der Waals surface area contributed by atoms with Crippen molar-refractivity contribution in [3.05, 3.63) is 23.3 Å². The van der Waals surface area contributed by atoms with Crippen molar-refractivity contribution >= 4 is 5.97 Å². The van der Waals surface area contributed by atoms with Gasteiger partial charge in [-0.3, -0.25) is 0 Å². The molecule has 0 saturated heterocycles. The van der Waals surface area contributed by atoms with Crippen LogP contribution in [0.15, 0.2) is 12.1 Å². The monoisotopic (exact) mass is 255 g/mol. The van der Waals surface area contributed by atoms with Crippen molar-refractivity contribution in [1.29, 1.82) is 0 Å². The van der Waals surface area contributed by atoms with Gasteiger partial charge in [-0.15, -0.1) is 0 Å². The molecule has 3 N–H and O–H groups in total. The zero-order valence-corrected chi connectivity index (χ0v) is 10.6. The molecule has 0 aliphatic heterocycles. The lowest BCUT2D eigenvalue weighted by Crippen LogP contribution is -2.17. The van der Waals surface area contributed by atoms with E-state index in [2.05, 4.69) is 10.1 Å². The second kappa shape index (κ2) is 6.23. The van der Waals surface area contributed by atoms with Crippen LogP contribution in [0, 0.1) is 0 Å². The van der Waals surface area contributed by atoms with Crippen LogP contribution in [0.5, 0.6) is 11.5 Å². The van der Waals surface area contributed by atoms with E-state index in [4.69, 9.17) is 4.74 Å². The molecule has 0 aliphatic carbocycles. The number of methoxy groups -OCH3 is 2. The topological polar surface area (TPSA) is 88.0 Å². The van der Waals surface area contributed by atoms with Crippen molar-refractivity contribution in [3.63, 3.8) is 0 Å². The first-order valence-electron chi connectivity index (χ1n) is 5.37. The van der Waals surface area contributed by atoms with E-state index >= 15 is 0 Å². The molecule has 1 rings (SSSR count). The first-order valence-corrected chi connectivity index (χ1v) is 5.37. The molecule has 1 atom stereocenters. The number of hydrogen-bond acceptors (Lipinski definition) is 6. The lowest BCUT2D eigenvalue weighted by Gasteiger charge is -2.15. The maximum absolute atomic E-state index is 11.5. The van der Waals surface area contributed by atoms with Crippen molar-refractivity contribution in [2.75, 3.05) is 27.8 Å². The molecule has 0 bridgehead atoms. The van der Waals surface area contributed by atoms with Crippen LogP contribution in [0.2, 0.25) is 0 Å². The lowest BCUT2D eigenvalue weighted by molar-refractivity contribution is 0.0600. The van der Waals surface area contributed by atoms with E-state index < -0.39 is 12.1 Å². The number of aromatic hydroxyl groups is 1. The van der Waals surface area contributed by atoms with Gasteiger partial charge in [0.25, 0.3) is 0 Å². The summed E-state index contributed by atoms with van der Waals surface area (Å²) in [5.41, 5.74) is 0.418. The second-order valence-electron chi connectivity index (χ2n) is 3.68.